The minimum absolute atomic E-state index is 0.201. The number of nitrogens with zero attached hydrogens (tertiary/aromatic N) is 6. The van der Waals surface area contributed by atoms with Gasteiger partial charge in [0.1, 0.15) is 29.1 Å². The quantitative estimate of drug-likeness (QED) is 0.399. The molecule has 0 spiro atoms. The summed E-state index contributed by atoms with van der Waals surface area (Å²) < 4.78 is 23.1. The summed E-state index contributed by atoms with van der Waals surface area (Å²) in [4.78, 5) is 21.7. The van der Waals surface area contributed by atoms with Crippen molar-refractivity contribution in [2.24, 2.45) is 7.05 Å². The van der Waals surface area contributed by atoms with Crippen LogP contribution in [0.5, 0.6) is 5.88 Å². The van der Waals surface area contributed by atoms with E-state index in [9.17, 15) is 9.18 Å². The summed E-state index contributed by atoms with van der Waals surface area (Å²) in [5, 5.41) is 14.6. The van der Waals surface area contributed by atoms with E-state index in [1.807, 2.05) is 6.92 Å². The molecule has 0 radical (unpaired) electrons. The first-order valence-corrected chi connectivity index (χ1v) is 10.3. The van der Waals surface area contributed by atoms with E-state index in [2.05, 4.69) is 25.8 Å². The lowest BCUT2D eigenvalue weighted by molar-refractivity contribution is 0.0932. The standard InChI is InChI=1S/C21H22FN9O2/c1-10-5-24-20(32)15-8-27-31-17(23)16(12-6-26-30(3)9-12)18(29-19(15)31)28-11(2)14-4-13(22)7-25-21(14)33-10/h4,6-11H,5,23H2,1-3H3,(H,24,32)(H,28,29)/t10-,11+/m0/s1. The summed E-state index contributed by atoms with van der Waals surface area (Å²) in [5.41, 5.74) is 8.81. The SMILES string of the molecule is C[C@H]1CNC(=O)c2cnn3c(N)c(-c4cnn(C)c4)c(nc23)N[C@H](C)c2cc(F)cnc2O1. The second-order valence-electron chi connectivity index (χ2n) is 7.97. The zero-order chi connectivity index (χ0) is 23.3. The molecule has 0 unspecified atom stereocenters. The number of nitrogens with one attached hydrogen (secondary N) is 2. The van der Waals surface area contributed by atoms with E-state index in [0.717, 1.165) is 6.20 Å². The fourth-order valence-electron chi connectivity index (χ4n) is 3.81. The predicted octanol–water partition coefficient (Wildman–Crippen LogP) is 1.93. The molecule has 4 N–H and O–H groups in total. The summed E-state index contributed by atoms with van der Waals surface area (Å²) in [6.07, 6.45) is 5.54. The monoisotopic (exact) mass is 451 g/mol. The van der Waals surface area contributed by atoms with Crippen molar-refractivity contribution in [1.82, 2.24) is 34.7 Å². The zero-order valence-corrected chi connectivity index (χ0v) is 18.2. The molecule has 0 aromatic carbocycles. The molecule has 1 amide bonds. The molecule has 4 aromatic rings. The third kappa shape index (κ3) is 3.58. The molecule has 2 atom stereocenters. The molecular weight excluding hydrogens is 429 g/mol. The van der Waals surface area contributed by atoms with Crippen LogP contribution in [0.1, 0.15) is 35.8 Å². The molecule has 11 nitrogen and oxygen atoms in total. The Morgan fingerprint density at radius 1 is 1.24 bits per heavy atom. The number of pyridine rings is 1. The van der Waals surface area contributed by atoms with Gasteiger partial charge in [0.2, 0.25) is 5.88 Å². The van der Waals surface area contributed by atoms with E-state index >= 15 is 0 Å². The van der Waals surface area contributed by atoms with Gasteiger partial charge in [-0.3, -0.25) is 9.48 Å². The minimum atomic E-state index is -0.496. The van der Waals surface area contributed by atoms with Crippen LogP contribution in [0.15, 0.2) is 30.9 Å². The second-order valence-corrected chi connectivity index (χ2v) is 7.97. The van der Waals surface area contributed by atoms with Crippen molar-refractivity contribution in [2.45, 2.75) is 26.0 Å². The van der Waals surface area contributed by atoms with Crippen molar-refractivity contribution in [3.05, 3.63) is 47.8 Å². The molecule has 2 bridgehead atoms. The van der Waals surface area contributed by atoms with E-state index in [0.29, 0.717) is 22.5 Å². The Kier molecular flexibility index (Phi) is 4.84. The average Bonchev–Trinajstić information content (AvgIpc) is 3.39. The van der Waals surface area contributed by atoms with Gasteiger partial charge in [0, 0.05) is 24.4 Å². The van der Waals surface area contributed by atoms with Crippen LogP contribution in [0.2, 0.25) is 0 Å². The Morgan fingerprint density at radius 2 is 2.06 bits per heavy atom. The molecule has 0 aliphatic carbocycles. The van der Waals surface area contributed by atoms with Gasteiger partial charge in [0.05, 0.1) is 36.7 Å². The van der Waals surface area contributed by atoms with Crippen molar-refractivity contribution in [2.75, 3.05) is 17.6 Å². The highest BCUT2D eigenvalue weighted by Gasteiger charge is 2.25. The number of amides is 1. The zero-order valence-electron chi connectivity index (χ0n) is 18.2. The van der Waals surface area contributed by atoms with Crippen LogP contribution in [-0.2, 0) is 7.05 Å². The molecule has 0 saturated heterocycles. The first-order valence-electron chi connectivity index (χ1n) is 10.3. The van der Waals surface area contributed by atoms with Crippen LogP contribution in [-0.4, -0.2) is 47.9 Å². The highest BCUT2D eigenvalue weighted by Crippen LogP contribution is 2.36. The number of ether oxygens (including phenoxy) is 1. The third-order valence-electron chi connectivity index (χ3n) is 5.45. The molecule has 5 rings (SSSR count). The first-order chi connectivity index (χ1) is 15.8. The summed E-state index contributed by atoms with van der Waals surface area (Å²) in [6.45, 7) is 3.83. The van der Waals surface area contributed by atoms with Gasteiger partial charge in [-0.05, 0) is 19.9 Å². The maximum absolute atomic E-state index is 14.1. The number of rotatable bonds is 1. The number of aryl methyl sites for hydroxylation is 1. The van der Waals surface area contributed by atoms with Crippen molar-refractivity contribution in [3.63, 3.8) is 0 Å². The molecule has 1 aliphatic heterocycles. The van der Waals surface area contributed by atoms with Gasteiger partial charge in [-0.2, -0.15) is 14.7 Å². The smallest absolute Gasteiger partial charge is 0.256 e. The van der Waals surface area contributed by atoms with E-state index < -0.39 is 18.0 Å². The summed E-state index contributed by atoms with van der Waals surface area (Å²) >= 11 is 0. The van der Waals surface area contributed by atoms with Crippen LogP contribution in [0, 0.1) is 5.82 Å². The summed E-state index contributed by atoms with van der Waals surface area (Å²) in [6, 6.07) is 0.900. The molecule has 5 heterocycles. The van der Waals surface area contributed by atoms with E-state index in [-0.39, 0.29) is 35.4 Å². The lowest BCUT2D eigenvalue weighted by Crippen LogP contribution is -2.34. The fourth-order valence-corrected chi connectivity index (χ4v) is 3.81. The topological polar surface area (TPSA) is 137 Å². The Hall–Kier alpha value is -4.22. The predicted molar refractivity (Wildman–Crippen MR) is 118 cm³/mol. The Morgan fingerprint density at radius 3 is 2.82 bits per heavy atom. The Bertz CT molecular complexity index is 1380. The highest BCUT2D eigenvalue weighted by molar-refractivity contribution is 6.01. The number of anilines is 2. The number of carbonyl (C=O) groups excluding carboxylic acids is 1. The Balaban J connectivity index is 1.75. The van der Waals surface area contributed by atoms with E-state index in [1.165, 1.54) is 16.8 Å². The molecule has 170 valence electrons. The maximum atomic E-state index is 14.1. The second kappa shape index (κ2) is 7.73. The average molecular weight is 451 g/mol. The van der Waals surface area contributed by atoms with Crippen LogP contribution in [0.3, 0.4) is 0 Å². The van der Waals surface area contributed by atoms with Crippen molar-refractivity contribution in [3.8, 4) is 17.0 Å². The van der Waals surface area contributed by atoms with Gasteiger partial charge < -0.3 is 21.1 Å². The van der Waals surface area contributed by atoms with Crippen LogP contribution in [0.4, 0.5) is 16.0 Å². The molecule has 12 heteroatoms. The maximum Gasteiger partial charge on any atom is 0.256 e. The normalized spacial score (nSPS) is 18.5. The lowest BCUT2D eigenvalue weighted by Gasteiger charge is -2.22. The number of fused-ring (bicyclic) bond motifs is 2. The molecule has 1 aliphatic rings. The molecule has 0 fully saturated rings. The summed E-state index contributed by atoms with van der Waals surface area (Å²) in [7, 11) is 1.79. The van der Waals surface area contributed by atoms with Crippen molar-refractivity contribution >= 4 is 23.2 Å². The Labute approximate surface area is 187 Å². The molecule has 33 heavy (non-hydrogen) atoms. The molecule has 0 saturated carbocycles. The van der Waals surface area contributed by atoms with Gasteiger partial charge in [-0.15, -0.1) is 0 Å². The number of hydrogen-bond acceptors (Lipinski definition) is 8. The van der Waals surface area contributed by atoms with Crippen molar-refractivity contribution in [1.29, 1.82) is 0 Å². The van der Waals surface area contributed by atoms with Gasteiger partial charge >= 0.3 is 0 Å². The minimum Gasteiger partial charge on any atom is -0.473 e. The number of aromatic nitrogens is 6. The fraction of sp³-hybridized carbons (Fsp3) is 0.286. The lowest BCUT2D eigenvalue weighted by atomic mass is 10.1. The summed E-state index contributed by atoms with van der Waals surface area (Å²) in [5.74, 6) is 0.0607. The van der Waals surface area contributed by atoms with Gasteiger partial charge in [-0.1, -0.05) is 0 Å². The largest absolute Gasteiger partial charge is 0.473 e. The third-order valence-corrected chi connectivity index (χ3v) is 5.45. The highest BCUT2D eigenvalue weighted by atomic mass is 19.1. The van der Waals surface area contributed by atoms with E-state index in [4.69, 9.17) is 15.5 Å². The van der Waals surface area contributed by atoms with Gasteiger partial charge in [-0.25, -0.2) is 14.4 Å². The number of nitrogens with two attached hydrogens (primary N) is 1. The van der Waals surface area contributed by atoms with Gasteiger partial charge in [0.15, 0.2) is 5.65 Å². The number of nitrogen functional groups attached to an aromatic ring is 1. The van der Waals surface area contributed by atoms with Crippen LogP contribution >= 0.6 is 0 Å². The van der Waals surface area contributed by atoms with E-state index in [1.54, 1.807) is 31.0 Å². The molecule has 4 aromatic heterocycles. The number of halogens is 1. The van der Waals surface area contributed by atoms with Crippen molar-refractivity contribution < 1.29 is 13.9 Å². The molecular formula is C21H22FN9O2. The van der Waals surface area contributed by atoms with Gasteiger partial charge in [0.25, 0.3) is 5.91 Å². The van der Waals surface area contributed by atoms with Crippen LogP contribution in [0.25, 0.3) is 16.8 Å². The first kappa shape index (κ1) is 20.7. The van der Waals surface area contributed by atoms with Crippen LogP contribution < -0.4 is 21.1 Å². The number of hydrogen-bond donors (Lipinski definition) is 3. The number of carbonyl (C=O) groups is 1.